The Bertz CT molecular complexity index is 599. The highest BCUT2D eigenvalue weighted by molar-refractivity contribution is 9.10. The maximum Gasteiger partial charge on any atom is 0.263 e. The van der Waals surface area contributed by atoms with Crippen LogP contribution in [0.25, 0.3) is 0 Å². The van der Waals surface area contributed by atoms with E-state index in [9.17, 15) is 8.42 Å². The lowest BCUT2D eigenvalue weighted by Gasteiger charge is -2.06. The molecule has 0 bridgehead atoms. The van der Waals surface area contributed by atoms with Gasteiger partial charge >= 0.3 is 0 Å². The van der Waals surface area contributed by atoms with Gasteiger partial charge in [-0.3, -0.25) is 9.71 Å². The van der Waals surface area contributed by atoms with E-state index in [1.807, 2.05) is 0 Å². The molecule has 0 aliphatic rings. The van der Waals surface area contributed by atoms with Crippen LogP contribution < -0.4 is 4.72 Å². The molecule has 0 amide bonds. The quantitative estimate of drug-likeness (QED) is 0.880. The largest absolute Gasteiger partial charge is 0.278 e. The Hall–Kier alpha value is -1.47. The molecule has 2 aromatic heterocycles. The van der Waals surface area contributed by atoms with Crippen molar-refractivity contribution in [2.45, 2.75) is 4.90 Å². The highest BCUT2D eigenvalue weighted by atomic mass is 79.9. The summed E-state index contributed by atoms with van der Waals surface area (Å²) in [6.45, 7) is 0. The molecule has 0 aromatic carbocycles. The van der Waals surface area contributed by atoms with Gasteiger partial charge in [0.1, 0.15) is 9.50 Å². The smallest absolute Gasteiger partial charge is 0.263 e. The summed E-state index contributed by atoms with van der Waals surface area (Å²) in [5.41, 5.74) is 0.400. The van der Waals surface area contributed by atoms with Crippen LogP contribution in [0.1, 0.15) is 0 Å². The minimum atomic E-state index is -3.59. The third-order valence-corrected chi connectivity index (χ3v) is 3.76. The molecule has 1 N–H and O–H groups in total. The molecule has 5 nitrogen and oxygen atoms in total. The monoisotopic (exact) mass is 313 g/mol. The van der Waals surface area contributed by atoms with E-state index < -0.39 is 10.0 Å². The summed E-state index contributed by atoms with van der Waals surface area (Å²) in [4.78, 5) is 7.81. The van der Waals surface area contributed by atoms with Gasteiger partial charge in [0.2, 0.25) is 0 Å². The van der Waals surface area contributed by atoms with E-state index in [0.29, 0.717) is 10.3 Å². The molecule has 88 valence electrons. The standard InChI is InChI=1S/C10H8BrN3O2S/c11-10-4-3-8(6-13-10)14-17(15,16)9-2-1-5-12-7-9/h1-7,14H. The molecule has 0 unspecified atom stereocenters. The Balaban J connectivity index is 2.27. The number of sulfonamides is 1. The number of hydrogen-bond acceptors (Lipinski definition) is 4. The molecule has 0 saturated carbocycles. The number of rotatable bonds is 3. The molecule has 2 rings (SSSR count). The van der Waals surface area contributed by atoms with Gasteiger partial charge in [-0.2, -0.15) is 0 Å². The fourth-order valence-corrected chi connectivity index (χ4v) is 2.40. The van der Waals surface area contributed by atoms with Gasteiger partial charge in [0.05, 0.1) is 11.9 Å². The van der Waals surface area contributed by atoms with Gasteiger partial charge in [0, 0.05) is 12.4 Å². The molecular weight excluding hydrogens is 306 g/mol. The lowest BCUT2D eigenvalue weighted by molar-refractivity contribution is 0.601. The molecule has 17 heavy (non-hydrogen) atoms. The first-order valence-electron chi connectivity index (χ1n) is 4.62. The van der Waals surface area contributed by atoms with Gasteiger partial charge in [0.15, 0.2) is 0 Å². The van der Waals surface area contributed by atoms with Crippen molar-refractivity contribution < 1.29 is 8.42 Å². The van der Waals surface area contributed by atoms with Gasteiger partial charge < -0.3 is 0 Å². The Labute approximate surface area is 107 Å². The molecule has 2 heterocycles. The molecule has 0 saturated heterocycles. The van der Waals surface area contributed by atoms with Crippen LogP contribution in [0.2, 0.25) is 0 Å². The first-order valence-corrected chi connectivity index (χ1v) is 6.90. The van der Waals surface area contributed by atoms with Crippen molar-refractivity contribution in [3.63, 3.8) is 0 Å². The lowest BCUT2D eigenvalue weighted by atomic mass is 10.4. The highest BCUT2D eigenvalue weighted by Gasteiger charge is 2.13. The van der Waals surface area contributed by atoms with Crippen molar-refractivity contribution in [3.05, 3.63) is 47.5 Å². The predicted octanol–water partition coefficient (Wildman–Crippen LogP) is 2.04. The van der Waals surface area contributed by atoms with E-state index in [-0.39, 0.29) is 4.90 Å². The van der Waals surface area contributed by atoms with Crippen molar-refractivity contribution in [1.29, 1.82) is 0 Å². The number of pyridine rings is 2. The molecule has 0 spiro atoms. The lowest BCUT2D eigenvalue weighted by Crippen LogP contribution is -2.13. The summed E-state index contributed by atoms with van der Waals surface area (Å²) in [7, 11) is -3.59. The summed E-state index contributed by atoms with van der Waals surface area (Å²) >= 11 is 3.17. The van der Waals surface area contributed by atoms with E-state index in [1.54, 1.807) is 18.2 Å². The zero-order valence-corrected chi connectivity index (χ0v) is 10.9. The van der Waals surface area contributed by atoms with Crippen LogP contribution in [0.15, 0.2) is 52.4 Å². The normalized spacial score (nSPS) is 11.1. The van der Waals surface area contributed by atoms with Crippen molar-refractivity contribution in [1.82, 2.24) is 9.97 Å². The third kappa shape index (κ3) is 3.01. The zero-order chi connectivity index (χ0) is 12.3. The third-order valence-electron chi connectivity index (χ3n) is 1.92. The van der Waals surface area contributed by atoms with E-state index in [1.165, 1.54) is 24.7 Å². The summed E-state index contributed by atoms with van der Waals surface area (Å²) < 4.78 is 26.8. The zero-order valence-electron chi connectivity index (χ0n) is 8.54. The molecule has 2 aromatic rings. The second-order valence-electron chi connectivity index (χ2n) is 3.16. The summed E-state index contributed by atoms with van der Waals surface area (Å²) in [6.07, 6.45) is 4.23. The van der Waals surface area contributed by atoms with Crippen molar-refractivity contribution in [2.24, 2.45) is 0 Å². The molecule has 7 heteroatoms. The fraction of sp³-hybridized carbons (Fsp3) is 0. The maximum absolute atomic E-state index is 11.9. The number of aromatic nitrogens is 2. The van der Waals surface area contributed by atoms with Crippen LogP contribution in [-0.2, 0) is 10.0 Å². The maximum atomic E-state index is 11.9. The highest BCUT2D eigenvalue weighted by Crippen LogP contribution is 2.15. The van der Waals surface area contributed by atoms with E-state index in [4.69, 9.17) is 0 Å². The van der Waals surface area contributed by atoms with Gasteiger partial charge in [-0.05, 0) is 40.2 Å². The van der Waals surface area contributed by atoms with E-state index in [2.05, 4.69) is 30.6 Å². The Morgan fingerprint density at radius 2 is 2.00 bits per heavy atom. The molecule has 0 atom stereocenters. The van der Waals surface area contributed by atoms with E-state index in [0.717, 1.165) is 0 Å². The summed E-state index contributed by atoms with van der Waals surface area (Å²) in [5, 5.41) is 0. The first kappa shape index (κ1) is 12.0. The van der Waals surface area contributed by atoms with Crippen molar-refractivity contribution in [2.75, 3.05) is 4.72 Å². The molecule has 0 fully saturated rings. The van der Waals surface area contributed by atoms with Crippen LogP contribution in [0.3, 0.4) is 0 Å². The van der Waals surface area contributed by atoms with Gasteiger partial charge in [-0.15, -0.1) is 0 Å². The summed E-state index contributed by atoms with van der Waals surface area (Å²) in [5.74, 6) is 0. The number of nitrogens with one attached hydrogen (secondary N) is 1. The Morgan fingerprint density at radius 3 is 2.59 bits per heavy atom. The number of halogens is 1. The van der Waals surface area contributed by atoms with Crippen LogP contribution in [0.5, 0.6) is 0 Å². The summed E-state index contributed by atoms with van der Waals surface area (Å²) in [6, 6.07) is 6.31. The molecular formula is C10H8BrN3O2S. The topological polar surface area (TPSA) is 72.0 Å². The Kier molecular flexibility index (Phi) is 3.39. The fourth-order valence-electron chi connectivity index (χ4n) is 1.16. The van der Waals surface area contributed by atoms with Gasteiger partial charge in [0.25, 0.3) is 10.0 Å². The van der Waals surface area contributed by atoms with Crippen molar-refractivity contribution in [3.8, 4) is 0 Å². The minimum Gasteiger partial charge on any atom is -0.278 e. The van der Waals surface area contributed by atoms with Crippen molar-refractivity contribution >= 4 is 31.6 Å². The molecule has 0 aliphatic carbocycles. The minimum absolute atomic E-state index is 0.114. The van der Waals surface area contributed by atoms with Crippen LogP contribution in [0.4, 0.5) is 5.69 Å². The second kappa shape index (κ2) is 4.80. The predicted molar refractivity (Wildman–Crippen MR) is 67.0 cm³/mol. The van der Waals surface area contributed by atoms with Gasteiger partial charge in [-0.1, -0.05) is 0 Å². The van der Waals surface area contributed by atoms with Crippen LogP contribution >= 0.6 is 15.9 Å². The average molecular weight is 314 g/mol. The average Bonchev–Trinajstić information content (AvgIpc) is 2.33. The Morgan fingerprint density at radius 1 is 1.18 bits per heavy atom. The number of hydrogen-bond donors (Lipinski definition) is 1. The van der Waals surface area contributed by atoms with Gasteiger partial charge in [-0.25, -0.2) is 13.4 Å². The van der Waals surface area contributed by atoms with Crippen LogP contribution in [0, 0.1) is 0 Å². The number of nitrogens with zero attached hydrogens (tertiary/aromatic N) is 2. The molecule has 0 aliphatic heterocycles. The second-order valence-corrected chi connectivity index (χ2v) is 5.66. The van der Waals surface area contributed by atoms with Crippen LogP contribution in [-0.4, -0.2) is 18.4 Å². The molecule has 0 radical (unpaired) electrons. The van der Waals surface area contributed by atoms with E-state index >= 15 is 0 Å². The first-order chi connectivity index (χ1) is 8.08. The number of anilines is 1. The SMILES string of the molecule is O=S(=O)(Nc1ccc(Br)nc1)c1cccnc1.